The summed E-state index contributed by atoms with van der Waals surface area (Å²) < 4.78 is 9.44. The molecule has 0 atom stereocenters. The standard InChI is InChI=1S/C17H19ClN2S.C8H7N3O5/c1-19(2)10-5-11-20-14-6-3-4-7-16(14)21-17-9-8-13(18)12-15(17)20;12-8-10(3-4-15-8)9-5-6-1-2-7(16-6)11(13)14/h3-4,6-9,12H,5,10-11H2,1-2H3;1-2,5H,3-4H2. The largest absolute Gasteiger partial charge is 0.446 e. The van der Waals surface area contributed by atoms with Gasteiger partial charge < -0.3 is 19.0 Å². The third-order valence-corrected chi connectivity index (χ3v) is 6.80. The lowest BCUT2D eigenvalue weighted by Gasteiger charge is -2.33. The van der Waals surface area contributed by atoms with Gasteiger partial charge in [-0.15, -0.1) is 0 Å². The van der Waals surface area contributed by atoms with Crippen LogP contribution in [0, 0.1) is 10.1 Å². The number of hydrazone groups is 1. The van der Waals surface area contributed by atoms with Crippen LogP contribution in [-0.2, 0) is 4.74 Å². The molecule has 2 aliphatic rings. The van der Waals surface area contributed by atoms with Gasteiger partial charge in [0.15, 0.2) is 5.76 Å². The number of fused-ring (bicyclic) bond motifs is 2. The molecule has 0 N–H and O–H groups in total. The highest BCUT2D eigenvalue weighted by atomic mass is 35.5. The number of ether oxygens (including phenoxy) is 1. The van der Waals surface area contributed by atoms with Gasteiger partial charge in [0.05, 0.1) is 30.2 Å². The first-order valence-corrected chi connectivity index (χ1v) is 12.7. The monoisotopic (exact) mass is 543 g/mol. The van der Waals surface area contributed by atoms with Crippen molar-refractivity contribution >= 4 is 52.9 Å². The molecule has 10 nitrogen and oxygen atoms in total. The SMILES string of the molecule is CN(C)CCCN1c2ccccc2Sc2ccc(Cl)cc21.O=C1OCCN1N=Cc1ccc([N+](=O)[O-])o1. The third-order valence-electron chi connectivity index (χ3n) is 5.43. The topological polar surface area (TPSA) is 105 Å². The first-order chi connectivity index (χ1) is 17.8. The van der Waals surface area contributed by atoms with Gasteiger partial charge >= 0.3 is 12.0 Å². The predicted octanol–water partition coefficient (Wildman–Crippen LogP) is 5.87. The van der Waals surface area contributed by atoms with Crippen molar-refractivity contribution in [1.82, 2.24) is 9.91 Å². The van der Waals surface area contributed by atoms with Crippen molar-refractivity contribution < 1.29 is 18.9 Å². The van der Waals surface area contributed by atoms with E-state index in [-0.39, 0.29) is 18.3 Å². The number of cyclic esters (lactones) is 1. The summed E-state index contributed by atoms with van der Waals surface area (Å²) in [5.74, 6) is -0.170. The van der Waals surface area contributed by atoms with Crippen molar-refractivity contribution in [2.75, 3.05) is 45.2 Å². The normalized spacial score (nSPS) is 14.3. The van der Waals surface area contributed by atoms with Crippen LogP contribution in [0.3, 0.4) is 0 Å². The van der Waals surface area contributed by atoms with Crippen molar-refractivity contribution in [3.63, 3.8) is 0 Å². The number of hydrogen-bond donors (Lipinski definition) is 0. The quantitative estimate of drug-likeness (QED) is 0.207. The van der Waals surface area contributed by atoms with Crippen LogP contribution in [0.25, 0.3) is 0 Å². The number of nitro groups is 1. The predicted molar refractivity (Wildman–Crippen MR) is 143 cm³/mol. The number of carbonyl (C=O) groups excluding carboxylic acids is 1. The van der Waals surface area contributed by atoms with E-state index in [0.717, 1.165) is 29.5 Å². The average molecular weight is 544 g/mol. The van der Waals surface area contributed by atoms with Gasteiger partial charge in [0.1, 0.15) is 11.5 Å². The second-order valence-corrected chi connectivity index (χ2v) is 9.93. The molecule has 1 amide bonds. The van der Waals surface area contributed by atoms with E-state index in [1.165, 1.54) is 39.5 Å². The van der Waals surface area contributed by atoms with Crippen molar-refractivity contribution in [3.05, 3.63) is 75.5 Å². The summed E-state index contributed by atoms with van der Waals surface area (Å²) in [5.41, 5.74) is 2.51. The molecule has 12 heteroatoms. The van der Waals surface area contributed by atoms with E-state index >= 15 is 0 Å². The lowest BCUT2D eigenvalue weighted by atomic mass is 10.2. The van der Waals surface area contributed by atoms with E-state index in [4.69, 9.17) is 16.0 Å². The molecule has 5 rings (SSSR count). The highest BCUT2D eigenvalue weighted by Crippen LogP contribution is 2.48. The van der Waals surface area contributed by atoms with Crippen LogP contribution in [0.4, 0.5) is 22.1 Å². The van der Waals surface area contributed by atoms with Crippen LogP contribution in [0.5, 0.6) is 0 Å². The van der Waals surface area contributed by atoms with Gasteiger partial charge in [0, 0.05) is 21.4 Å². The van der Waals surface area contributed by atoms with Crippen LogP contribution in [0.15, 0.2) is 73.9 Å². The van der Waals surface area contributed by atoms with E-state index in [1.54, 1.807) is 0 Å². The maximum absolute atomic E-state index is 11.0. The second-order valence-electron chi connectivity index (χ2n) is 8.41. The highest BCUT2D eigenvalue weighted by molar-refractivity contribution is 7.99. The van der Waals surface area contributed by atoms with Gasteiger partial charge in [0.25, 0.3) is 0 Å². The molecular formula is C25H26ClN5O5S. The Labute approximate surface area is 223 Å². The number of carbonyl (C=O) groups is 1. The Hall–Kier alpha value is -3.54. The van der Waals surface area contributed by atoms with Gasteiger partial charge in [-0.2, -0.15) is 10.1 Å². The van der Waals surface area contributed by atoms with Gasteiger partial charge in [-0.1, -0.05) is 35.5 Å². The third kappa shape index (κ3) is 6.82. The molecule has 0 saturated carbocycles. The zero-order valence-corrected chi connectivity index (χ0v) is 21.9. The molecule has 3 heterocycles. The van der Waals surface area contributed by atoms with E-state index in [0.29, 0.717) is 6.54 Å². The number of amides is 1. The minimum atomic E-state index is -0.651. The Morgan fingerprint density at radius 3 is 2.65 bits per heavy atom. The van der Waals surface area contributed by atoms with Crippen molar-refractivity contribution in [1.29, 1.82) is 0 Å². The molecule has 2 aromatic carbocycles. The maximum Gasteiger partial charge on any atom is 0.433 e. The molecule has 0 radical (unpaired) electrons. The minimum Gasteiger partial charge on any atom is -0.446 e. The molecule has 1 fully saturated rings. The van der Waals surface area contributed by atoms with Crippen LogP contribution in [0.1, 0.15) is 12.2 Å². The number of anilines is 2. The molecule has 1 aromatic heterocycles. The molecule has 194 valence electrons. The first-order valence-electron chi connectivity index (χ1n) is 11.5. The average Bonchev–Trinajstić information content (AvgIpc) is 3.52. The Kier molecular flexibility index (Phi) is 8.70. The molecule has 0 bridgehead atoms. The lowest BCUT2D eigenvalue weighted by Crippen LogP contribution is -2.25. The first kappa shape index (κ1) is 26.5. The zero-order chi connectivity index (χ0) is 26.4. The Balaban J connectivity index is 0.000000180. The fraction of sp³-hybridized carbons (Fsp3) is 0.280. The molecule has 0 aliphatic carbocycles. The summed E-state index contributed by atoms with van der Waals surface area (Å²) in [4.78, 5) is 27.8. The van der Waals surface area contributed by atoms with Crippen molar-refractivity contribution in [2.45, 2.75) is 16.2 Å². The summed E-state index contributed by atoms with van der Waals surface area (Å²) in [5, 5.41) is 16.0. The Morgan fingerprint density at radius 1 is 1.16 bits per heavy atom. The summed E-state index contributed by atoms with van der Waals surface area (Å²) >= 11 is 8.03. The molecule has 0 spiro atoms. The van der Waals surface area contributed by atoms with E-state index in [2.05, 4.69) is 70.1 Å². The molecule has 2 aliphatic heterocycles. The maximum atomic E-state index is 11.0. The van der Waals surface area contributed by atoms with E-state index in [1.807, 2.05) is 17.8 Å². The number of rotatable bonds is 7. The second kappa shape index (κ2) is 12.1. The van der Waals surface area contributed by atoms with Crippen LogP contribution < -0.4 is 4.90 Å². The highest BCUT2D eigenvalue weighted by Gasteiger charge is 2.23. The Morgan fingerprint density at radius 2 is 1.95 bits per heavy atom. The summed E-state index contributed by atoms with van der Waals surface area (Å²) in [7, 11) is 4.23. The molecule has 3 aromatic rings. The molecule has 1 saturated heterocycles. The molecular weight excluding hydrogens is 518 g/mol. The lowest BCUT2D eigenvalue weighted by molar-refractivity contribution is -0.402. The number of halogens is 1. The molecule has 0 unspecified atom stereocenters. The van der Waals surface area contributed by atoms with E-state index in [9.17, 15) is 14.9 Å². The fourth-order valence-corrected chi connectivity index (χ4v) is 4.96. The zero-order valence-electron chi connectivity index (χ0n) is 20.4. The van der Waals surface area contributed by atoms with Crippen LogP contribution in [0.2, 0.25) is 5.02 Å². The van der Waals surface area contributed by atoms with Crippen molar-refractivity contribution in [3.8, 4) is 0 Å². The van der Waals surface area contributed by atoms with E-state index < -0.39 is 11.0 Å². The van der Waals surface area contributed by atoms with Gasteiger partial charge in [0.2, 0.25) is 0 Å². The summed E-state index contributed by atoms with van der Waals surface area (Å²) in [6.45, 7) is 2.73. The van der Waals surface area contributed by atoms with Crippen molar-refractivity contribution in [2.24, 2.45) is 5.10 Å². The number of nitrogens with zero attached hydrogens (tertiary/aromatic N) is 5. The van der Waals surface area contributed by atoms with Crippen LogP contribution in [-0.4, -0.2) is 67.5 Å². The number of furan rings is 1. The summed E-state index contributed by atoms with van der Waals surface area (Å²) in [6.07, 6.45) is 1.80. The molecule has 37 heavy (non-hydrogen) atoms. The number of benzene rings is 2. The van der Waals surface area contributed by atoms with Gasteiger partial charge in [-0.25, -0.2) is 4.79 Å². The summed E-state index contributed by atoms with van der Waals surface area (Å²) in [6, 6.07) is 17.4. The van der Waals surface area contributed by atoms with Crippen LogP contribution >= 0.6 is 23.4 Å². The smallest absolute Gasteiger partial charge is 0.433 e. The Bertz CT molecular complexity index is 1300. The number of para-hydroxylation sites is 1. The van der Waals surface area contributed by atoms with Gasteiger partial charge in [-0.05, 0) is 63.5 Å². The number of hydrogen-bond acceptors (Lipinski definition) is 9. The van der Waals surface area contributed by atoms with Gasteiger partial charge in [-0.3, -0.25) is 10.1 Å². The minimum absolute atomic E-state index is 0.200. The fourth-order valence-electron chi connectivity index (χ4n) is 3.71.